The Hall–Kier alpha value is -2.04. The second-order valence-corrected chi connectivity index (χ2v) is 8.09. The van der Waals surface area contributed by atoms with Gasteiger partial charge in [-0.2, -0.15) is 8.42 Å². The Bertz CT molecular complexity index is 721. The van der Waals surface area contributed by atoms with Gasteiger partial charge in [-0.25, -0.2) is 0 Å². The number of carbonyl (C=O) groups excluding carboxylic acids is 1. The molecule has 0 spiro atoms. The Labute approximate surface area is 150 Å². The van der Waals surface area contributed by atoms with E-state index in [4.69, 9.17) is 4.74 Å². The lowest BCUT2D eigenvalue weighted by Crippen LogP contribution is -2.28. The van der Waals surface area contributed by atoms with E-state index in [0.717, 1.165) is 17.5 Å². The van der Waals surface area contributed by atoms with Crippen LogP contribution in [0.2, 0.25) is 0 Å². The summed E-state index contributed by atoms with van der Waals surface area (Å²) in [6.07, 6.45) is 2.13. The number of unbranched alkanes of at least 4 members (excludes halogenated alkanes) is 1. The van der Waals surface area contributed by atoms with Crippen LogP contribution in [-0.2, 0) is 23.8 Å². The minimum absolute atomic E-state index is 0.0998. The van der Waals surface area contributed by atoms with E-state index in [-0.39, 0.29) is 19.1 Å². The highest BCUT2D eigenvalue weighted by atomic mass is 32.2. The molecule has 0 heterocycles. The van der Waals surface area contributed by atoms with Crippen LogP contribution in [0.5, 0.6) is 0 Å². The summed E-state index contributed by atoms with van der Waals surface area (Å²) in [4.78, 5) is 11.6. The summed E-state index contributed by atoms with van der Waals surface area (Å²) in [6, 6.07) is 7.36. The lowest BCUT2D eigenvalue weighted by molar-refractivity contribution is -0.152. The van der Waals surface area contributed by atoms with Gasteiger partial charge in [-0.1, -0.05) is 11.8 Å². The third-order valence-electron chi connectivity index (χ3n) is 2.72. The van der Waals surface area contributed by atoms with Crippen molar-refractivity contribution in [3.05, 3.63) is 29.8 Å². The topological polar surface area (TPSA) is 81.7 Å². The van der Waals surface area contributed by atoms with Crippen LogP contribution in [0.15, 0.2) is 24.3 Å². The number of benzene rings is 1. The van der Waals surface area contributed by atoms with Crippen molar-refractivity contribution in [2.45, 2.75) is 39.2 Å². The number of esters is 1. The zero-order chi connectivity index (χ0) is 18.9. The summed E-state index contributed by atoms with van der Waals surface area (Å²) >= 11 is 0. The number of hydrogen-bond acceptors (Lipinski definition) is 6. The second-order valence-electron chi connectivity index (χ2n) is 6.45. The largest absolute Gasteiger partial charge is 0.459 e. The molecule has 6 nitrogen and oxygen atoms in total. The van der Waals surface area contributed by atoms with Gasteiger partial charge < -0.3 is 10.1 Å². The maximum atomic E-state index is 11.6. The number of carbonyl (C=O) groups is 1. The third kappa shape index (κ3) is 11.2. The SMILES string of the molecule is CC(C)(C)OC(=O)CNc1ccc(C#CCCCOS(C)(=O)=O)cc1. The summed E-state index contributed by atoms with van der Waals surface area (Å²) in [5.74, 6) is 5.64. The number of rotatable bonds is 7. The summed E-state index contributed by atoms with van der Waals surface area (Å²) in [7, 11) is -3.38. The highest BCUT2D eigenvalue weighted by Crippen LogP contribution is 2.10. The van der Waals surface area contributed by atoms with Crippen molar-refractivity contribution in [2.75, 3.05) is 24.7 Å². The smallest absolute Gasteiger partial charge is 0.325 e. The Morgan fingerprint density at radius 3 is 2.40 bits per heavy atom. The van der Waals surface area contributed by atoms with E-state index in [1.807, 2.05) is 45.0 Å². The van der Waals surface area contributed by atoms with E-state index in [9.17, 15) is 13.2 Å². The molecule has 0 unspecified atom stereocenters. The molecule has 0 aliphatic heterocycles. The molecule has 25 heavy (non-hydrogen) atoms. The first-order chi connectivity index (χ1) is 11.6. The molecular formula is C18H25NO5S. The normalized spacial score (nSPS) is 11.4. The van der Waals surface area contributed by atoms with E-state index in [1.165, 1.54) is 0 Å². The Morgan fingerprint density at radius 1 is 1.20 bits per heavy atom. The number of ether oxygens (including phenoxy) is 1. The van der Waals surface area contributed by atoms with Crippen LogP contribution in [0.4, 0.5) is 5.69 Å². The standard InChI is InChI=1S/C18H25NO5S/c1-18(2,3)24-17(20)14-19-16-11-9-15(10-12-16)8-6-5-7-13-23-25(4,21)22/h9-12,19H,5,7,13-14H2,1-4H3. The molecule has 7 heteroatoms. The van der Waals surface area contributed by atoms with Crippen molar-refractivity contribution in [1.29, 1.82) is 0 Å². The monoisotopic (exact) mass is 367 g/mol. The van der Waals surface area contributed by atoms with Gasteiger partial charge in [-0.15, -0.1) is 0 Å². The first kappa shape index (κ1) is 21.0. The second kappa shape index (κ2) is 9.44. The number of anilines is 1. The predicted molar refractivity (Wildman–Crippen MR) is 97.7 cm³/mol. The average Bonchev–Trinajstić information content (AvgIpc) is 2.47. The lowest BCUT2D eigenvalue weighted by atomic mass is 10.2. The molecule has 1 N–H and O–H groups in total. The van der Waals surface area contributed by atoms with Gasteiger partial charge in [0.05, 0.1) is 12.9 Å². The maximum Gasteiger partial charge on any atom is 0.325 e. The van der Waals surface area contributed by atoms with Crippen LogP contribution >= 0.6 is 0 Å². The summed E-state index contributed by atoms with van der Waals surface area (Å²) in [6.45, 7) is 5.71. The Balaban J connectivity index is 2.37. The van der Waals surface area contributed by atoms with Gasteiger partial charge in [0, 0.05) is 17.7 Å². The van der Waals surface area contributed by atoms with Crippen LogP contribution in [-0.4, -0.2) is 39.4 Å². The van der Waals surface area contributed by atoms with Gasteiger partial charge in [-0.3, -0.25) is 8.98 Å². The molecule has 0 amide bonds. The molecule has 0 radical (unpaired) electrons. The zero-order valence-electron chi connectivity index (χ0n) is 15.1. The van der Waals surface area contributed by atoms with Gasteiger partial charge >= 0.3 is 5.97 Å². The first-order valence-corrected chi connectivity index (χ1v) is 9.76. The molecule has 0 atom stereocenters. The van der Waals surface area contributed by atoms with Gasteiger partial charge in [0.2, 0.25) is 0 Å². The van der Waals surface area contributed by atoms with E-state index in [0.29, 0.717) is 12.8 Å². The minimum Gasteiger partial charge on any atom is -0.459 e. The van der Waals surface area contributed by atoms with E-state index in [2.05, 4.69) is 21.3 Å². The molecule has 1 aromatic rings. The van der Waals surface area contributed by atoms with Crippen molar-refractivity contribution in [3.63, 3.8) is 0 Å². The van der Waals surface area contributed by atoms with Gasteiger partial charge in [0.15, 0.2) is 0 Å². The molecule has 1 rings (SSSR count). The van der Waals surface area contributed by atoms with Gasteiger partial charge in [0.1, 0.15) is 12.1 Å². The van der Waals surface area contributed by atoms with E-state index >= 15 is 0 Å². The van der Waals surface area contributed by atoms with Crippen molar-refractivity contribution in [1.82, 2.24) is 0 Å². The van der Waals surface area contributed by atoms with Crippen molar-refractivity contribution >= 4 is 21.8 Å². The highest BCUT2D eigenvalue weighted by Gasteiger charge is 2.15. The van der Waals surface area contributed by atoms with Crippen molar-refractivity contribution < 1.29 is 22.1 Å². The van der Waals surface area contributed by atoms with Crippen LogP contribution in [0.1, 0.15) is 39.2 Å². The number of nitrogens with one attached hydrogen (secondary N) is 1. The molecular weight excluding hydrogens is 342 g/mol. The van der Waals surface area contributed by atoms with E-state index in [1.54, 1.807) is 0 Å². The van der Waals surface area contributed by atoms with Crippen LogP contribution in [0, 0.1) is 11.8 Å². The zero-order valence-corrected chi connectivity index (χ0v) is 15.9. The van der Waals surface area contributed by atoms with E-state index < -0.39 is 15.7 Å². The van der Waals surface area contributed by atoms with Gasteiger partial charge in [0.25, 0.3) is 10.1 Å². The lowest BCUT2D eigenvalue weighted by Gasteiger charge is -2.19. The fraction of sp³-hybridized carbons (Fsp3) is 0.500. The summed E-state index contributed by atoms with van der Waals surface area (Å²) in [5.41, 5.74) is 1.15. The molecule has 0 fully saturated rings. The van der Waals surface area contributed by atoms with Crippen LogP contribution < -0.4 is 5.32 Å². The molecule has 0 aliphatic rings. The third-order valence-corrected chi connectivity index (χ3v) is 3.31. The molecule has 0 saturated carbocycles. The maximum absolute atomic E-state index is 11.6. The Kier molecular flexibility index (Phi) is 7.94. The van der Waals surface area contributed by atoms with Crippen LogP contribution in [0.25, 0.3) is 0 Å². The molecule has 138 valence electrons. The van der Waals surface area contributed by atoms with Crippen molar-refractivity contribution in [3.8, 4) is 11.8 Å². The molecule has 0 aliphatic carbocycles. The molecule has 0 bridgehead atoms. The Morgan fingerprint density at radius 2 is 1.84 bits per heavy atom. The summed E-state index contributed by atoms with van der Waals surface area (Å²) in [5, 5.41) is 3.00. The fourth-order valence-electron chi connectivity index (χ4n) is 1.76. The van der Waals surface area contributed by atoms with Gasteiger partial charge in [-0.05, 0) is 51.5 Å². The highest BCUT2D eigenvalue weighted by molar-refractivity contribution is 7.85. The summed E-state index contributed by atoms with van der Waals surface area (Å²) < 4.78 is 31.4. The molecule has 0 saturated heterocycles. The molecule has 0 aromatic heterocycles. The first-order valence-electron chi connectivity index (χ1n) is 7.94. The van der Waals surface area contributed by atoms with Crippen LogP contribution in [0.3, 0.4) is 0 Å². The average molecular weight is 367 g/mol. The quantitative estimate of drug-likeness (QED) is 0.345. The minimum atomic E-state index is -3.38. The number of hydrogen-bond donors (Lipinski definition) is 1. The molecule has 1 aromatic carbocycles. The van der Waals surface area contributed by atoms with Crippen molar-refractivity contribution in [2.24, 2.45) is 0 Å². The predicted octanol–water partition coefficient (Wildman–Crippen LogP) is 2.55. The fourth-order valence-corrected chi connectivity index (χ4v) is 2.18.